The van der Waals surface area contributed by atoms with E-state index in [1.807, 2.05) is 0 Å². The number of benzene rings is 1. The quantitative estimate of drug-likeness (QED) is 0.786. The van der Waals surface area contributed by atoms with Crippen LogP contribution in [-0.4, -0.2) is 30.9 Å². The monoisotopic (exact) mass is 287 g/mol. The molecule has 1 aromatic carbocycles. The minimum Gasteiger partial charge on any atom is -0.349 e. The van der Waals surface area contributed by atoms with Gasteiger partial charge in [-0.25, -0.2) is 0 Å². The molecular formula is C16H21N3O2. The fourth-order valence-corrected chi connectivity index (χ4v) is 2.53. The maximum Gasteiger partial charge on any atom is 0.251 e. The van der Waals surface area contributed by atoms with Gasteiger partial charge in [-0.15, -0.1) is 0 Å². The highest BCUT2D eigenvalue weighted by molar-refractivity contribution is 5.96. The molecule has 5 nitrogen and oxygen atoms in total. The van der Waals surface area contributed by atoms with Crippen LogP contribution in [0, 0.1) is 5.92 Å². The van der Waals surface area contributed by atoms with Crippen molar-refractivity contribution in [2.45, 2.75) is 31.7 Å². The van der Waals surface area contributed by atoms with Crippen LogP contribution >= 0.6 is 0 Å². The lowest BCUT2D eigenvalue weighted by molar-refractivity contribution is -0.117. The van der Waals surface area contributed by atoms with E-state index < -0.39 is 0 Å². The summed E-state index contributed by atoms with van der Waals surface area (Å²) in [5.41, 5.74) is 1.39. The van der Waals surface area contributed by atoms with Gasteiger partial charge >= 0.3 is 0 Å². The van der Waals surface area contributed by atoms with Crippen molar-refractivity contribution in [1.29, 1.82) is 0 Å². The van der Waals surface area contributed by atoms with Crippen LogP contribution in [0.5, 0.6) is 0 Å². The van der Waals surface area contributed by atoms with Crippen molar-refractivity contribution in [3.63, 3.8) is 0 Å². The molecule has 112 valence electrons. The second-order valence-corrected chi connectivity index (χ2v) is 5.84. The molecule has 2 fully saturated rings. The Morgan fingerprint density at radius 1 is 1.00 bits per heavy atom. The Hall–Kier alpha value is -1.88. The zero-order chi connectivity index (χ0) is 14.7. The molecule has 5 heteroatoms. The summed E-state index contributed by atoms with van der Waals surface area (Å²) in [6.07, 6.45) is 3.92. The van der Waals surface area contributed by atoms with Crippen molar-refractivity contribution < 1.29 is 9.59 Å². The molecular weight excluding hydrogens is 266 g/mol. The summed E-state index contributed by atoms with van der Waals surface area (Å²) in [7, 11) is 0. The molecule has 0 bridgehead atoms. The Balaban J connectivity index is 1.55. The predicted octanol–water partition coefficient (Wildman–Crippen LogP) is 1.52. The zero-order valence-electron chi connectivity index (χ0n) is 12.0. The van der Waals surface area contributed by atoms with Gasteiger partial charge in [0, 0.05) is 23.2 Å². The molecule has 0 atom stereocenters. The summed E-state index contributed by atoms with van der Waals surface area (Å²) >= 11 is 0. The van der Waals surface area contributed by atoms with Crippen molar-refractivity contribution >= 4 is 17.5 Å². The lowest BCUT2D eigenvalue weighted by atomic mass is 10.1. The molecule has 3 N–H and O–H groups in total. The van der Waals surface area contributed by atoms with Gasteiger partial charge < -0.3 is 16.0 Å². The third-order valence-corrected chi connectivity index (χ3v) is 4.04. The number of piperidine rings is 1. The molecule has 21 heavy (non-hydrogen) atoms. The van der Waals surface area contributed by atoms with E-state index in [9.17, 15) is 9.59 Å². The molecule has 1 saturated carbocycles. The number of anilines is 1. The summed E-state index contributed by atoms with van der Waals surface area (Å²) in [4.78, 5) is 23.8. The van der Waals surface area contributed by atoms with Crippen molar-refractivity contribution in [2.75, 3.05) is 18.4 Å². The van der Waals surface area contributed by atoms with Gasteiger partial charge in [0.25, 0.3) is 5.91 Å². The molecule has 2 aliphatic rings. The van der Waals surface area contributed by atoms with Gasteiger partial charge in [-0.3, -0.25) is 9.59 Å². The van der Waals surface area contributed by atoms with Crippen LogP contribution in [0.15, 0.2) is 24.3 Å². The van der Waals surface area contributed by atoms with E-state index in [1.54, 1.807) is 24.3 Å². The van der Waals surface area contributed by atoms with Gasteiger partial charge in [0.15, 0.2) is 0 Å². The topological polar surface area (TPSA) is 70.2 Å². The van der Waals surface area contributed by atoms with Crippen LogP contribution in [0.1, 0.15) is 36.0 Å². The van der Waals surface area contributed by atoms with Gasteiger partial charge in [0.2, 0.25) is 5.91 Å². The zero-order valence-corrected chi connectivity index (χ0v) is 12.0. The van der Waals surface area contributed by atoms with Crippen LogP contribution in [0.3, 0.4) is 0 Å². The Labute approximate surface area is 124 Å². The maximum atomic E-state index is 12.1. The highest BCUT2D eigenvalue weighted by atomic mass is 16.2. The average Bonchev–Trinajstić information content (AvgIpc) is 3.33. The Morgan fingerprint density at radius 3 is 2.29 bits per heavy atom. The SMILES string of the molecule is O=C(NC1CCNCC1)c1ccc(NC(=O)C2CC2)cc1. The number of rotatable bonds is 4. The molecule has 1 saturated heterocycles. The standard InChI is InChI=1S/C16H21N3O2/c20-15(11-1-2-11)18-13-5-3-12(4-6-13)16(21)19-14-7-9-17-10-8-14/h3-6,11,14,17H,1-2,7-10H2,(H,18,20)(H,19,21). The summed E-state index contributed by atoms with van der Waals surface area (Å²) in [5, 5.41) is 9.21. The van der Waals surface area contributed by atoms with Crippen LogP contribution < -0.4 is 16.0 Å². The van der Waals surface area contributed by atoms with Crippen molar-refractivity contribution in [2.24, 2.45) is 5.92 Å². The normalized spacial score (nSPS) is 19.0. The largest absolute Gasteiger partial charge is 0.349 e. The van der Waals surface area contributed by atoms with E-state index in [4.69, 9.17) is 0 Å². The van der Waals surface area contributed by atoms with Gasteiger partial charge in [-0.2, -0.15) is 0 Å². The summed E-state index contributed by atoms with van der Waals surface area (Å²) in [5.74, 6) is 0.233. The van der Waals surface area contributed by atoms with Crippen LogP contribution in [0.2, 0.25) is 0 Å². The summed E-state index contributed by atoms with van der Waals surface area (Å²) in [6, 6.07) is 7.36. The molecule has 1 aromatic rings. The molecule has 1 aliphatic carbocycles. The van der Waals surface area contributed by atoms with Crippen LogP contribution in [-0.2, 0) is 4.79 Å². The fraction of sp³-hybridized carbons (Fsp3) is 0.500. The van der Waals surface area contributed by atoms with E-state index in [2.05, 4.69) is 16.0 Å². The van der Waals surface area contributed by atoms with Crippen LogP contribution in [0.25, 0.3) is 0 Å². The van der Waals surface area contributed by atoms with E-state index in [-0.39, 0.29) is 23.8 Å². The molecule has 3 rings (SSSR count). The van der Waals surface area contributed by atoms with Gasteiger partial charge in [0.05, 0.1) is 0 Å². The Kier molecular flexibility index (Phi) is 4.20. The first kappa shape index (κ1) is 14.1. The first-order valence-electron chi connectivity index (χ1n) is 7.65. The number of carbonyl (C=O) groups excluding carboxylic acids is 2. The van der Waals surface area contributed by atoms with Gasteiger partial charge in [-0.1, -0.05) is 0 Å². The highest BCUT2D eigenvalue weighted by Crippen LogP contribution is 2.30. The van der Waals surface area contributed by atoms with E-state index in [1.165, 1.54) is 0 Å². The second-order valence-electron chi connectivity index (χ2n) is 5.84. The number of hydrogen-bond acceptors (Lipinski definition) is 3. The Bertz CT molecular complexity index is 517. The minimum atomic E-state index is -0.0398. The number of nitrogens with one attached hydrogen (secondary N) is 3. The first-order chi connectivity index (χ1) is 10.2. The highest BCUT2D eigenvalue weighted by Gasteiger charge is 2.29. The van der Waals surface area contributed by atoms with Gasteiger partial charge in [-0.05, 0) is 63.0 Å². The first-order valence-corrected chi connectivity index (χ1v) is 7.65. The summed E-state index contributed by atoms with van der Waals surface area (Å²) in [6.45, 7) is 1.91. The van der Waals surface area contributed by atoms with Crippen molar-refractivity contribution in [3.05, 3.63) is 29.8 Å². The maximum absolute atomic E-state index is 12.1. The summed E-state index contributed by atoms with van der Waals surface area (Å²) < 4.78 is 0. The fourth-order valence-electron chi connectivity index (χ4n) is 2.53. The molecule has 1 heterocycles. The molecule has 0 aromatic heterocycles. The van der Waals surface area contributed by atoms with Crippen molar-refractivity contribution in [1.82, 2.24) is 10.6 Å². The smallest absolute Gasteiger partial charge is 0.251 e. The van der Waals surface area contributed by atoms with E-state index >= 15 is 0 Å². The predicted molar refractivity (Wildman–Crippen MR) is 81.2 cm³/mol. The second kappa shape index (κ2) is 6.26. The van der Waals surface area contributed by atoms with Crippen LogP contribution in [0.4, 0.5) is 5.69 Å². The molecule has 0 spiro atoms. The number of amides is 2. The van der Waals surface area contributed by atoms with E-state index in [0.717, 1.165) is 44.5 Å². The molecule has 2 amide bonds. The lowest BCUT2D eigenvalue weighted by Crippen LogP contribution is -2.42. The molecule has 1 aliphatic heterocycles. The Morgan fingerprint density at radius 2 is 1.67 bits per heavy atom. The molecule has 0 radical (unpaired) electrons. The third kappa shape index (κ3) is 3.82. The minimum absolute atomic E-state index is 0.0398. The average molecular weight is 287 g/mol. The van der Waals surface area contributed by atoms with Gasteiger partial charge in [0.1, 0.15) is 0 Å². The third-order valence-electron chi connectivity index (χ3n) is 4.04. The van der Waals surface area contributed by atoms with Crippen molar-refractivity contribution in [3.8, 4) is 0 Å². The number of hydrogen-bond donors (Lipinski definition) is 3. The number of carbonyl (C=O) groups is 2. The molecule has 0 unspecified atom stereocenters. The van der Waals surface area contributed by atoms with E-state index in [0.29, 0.717) is 5.56 Å². The lowest BCUT2D eigenvalue weighted by Gasteiger charge is -2.23.